The Labute approximate surface area is 83.8 Å². The second-order valence-corrected chi connectivity index (χ2v) is 4.32. The van der Waals surface area contributed by atoms with E-state index in [0.717, 1.165) is 0 Å². The van der Waals surface area contributed by atoms with Gasteiger partial charge in [0.15, 0.2) is 0 Å². The van der Waals surface area contributed by atoms with Crippen molar-refractivity contribution in [2.45, 2.75) is 20.8 Å². The molecule has 0 aliphatic carbocycles. The molecule has 0 atom stereocenters. The largest absolute Gasteiger partial charge is 0.349 e. The Balaban J connectivity index is 2.52. The first-order chi connectivity index (χ1) is 6.49. The summed E-state index contributed by atoms with van der Waals surface area (Å²) in [6.45, 7) is 6.78. The highest BCUT2D eigenvalue weighted by atomic mass is 16.2. The SMILES string of the molecule is CC(C)(C)CNC(=O)c1ncccn1. The fourth-order valence-electron chi connectivity index (χ4n) is 0.841. The molecule has 1 aromatic rings. The van der Waals surface area contributed by atoms with Crippen molar-refractivity contribution in [1.29, 1.82) is 0 Å². The summed E-state index contributed by atoms with van der Waals surface area (Å²) in [7, 11) is 0. The molecule has 0 aliphatic heterocycles. The summed E-state index contributed by atoms with van der Waals surface area (Å²) >= 11 is 0. The second-order valence-electron chi connectivity index (χ2n) is 4.32. The number of carbonyl (C=O) groups is 1. The second kappa shape index (κ2) is 4.17. The Hall–Kier alpha value is -1.45. The highest BCUT2D eigenvalue weighted by Gasteiger charge is 2.13. The van der Waals surface area contributed by atoms with Gasteiger partial charge in [0.2, 0.25) is 5.82 Å². The highest BCUT2D eigenvalue weighted by molar-refractivity contribution is 5.90. The van der Waals surface area contributed by atoms with Crippen LogP contribution in [0.1, 0.15) is 31.4 Å². The van der Waals surface area contributed by atoms with Crippen molar-refractivity contribution in [2.24, 2.45) is 5.41 Å². The molecule has 0 saturated heterocycles. The molecule has 1 rings (SSSR count). The Morgan fingerprint density at radius 1 is 1.36 bits per heavy atom. The van der Waals surface area contributed by atoms with Crippen molar-refractivity contribution in [2.75, 3.05) is 6.54 Å². The Bertz CT molecular complexity index is 303. The number of nitrogens with one attached hydrogen (secondary N) is 1. The molecule has 1 heterocycles. The van der Waals surface area contributed by atoms with Gasteiger partial charge in [0, 0.05) is 18.9 Å². The lowest BCUT2D eigenvalue weighted by molar-refractivity contribution is 0.0929. The first-order valence-corrected chi connectivity index (χ1v) is 4.54. The van der Waals surface area contributed by atoms with E-state index in [4.69, 9.17) is 0 Å². The number of hydrogen-bond donors (Lipinski definition) is 1. The molecule has 0 aliphatic rings. The lowest BCUT2D eigenvalue weighted by atomic mass is 9.97. The van der Waals surface area contributed by atoms with Crippen molar-refractivity contribution in [3.63, 3.8) is 0 Å². The lowest BCUT2D eigenvalue weighted by Crippen LogP contribution is -2.33. The Kier molecular flexibility index (Phi) is 3.17. The smallest absolute Gasteiger partial charge is 0.289 e. The van der Waals surface area contributed by atoms with Crippen LogP contribution in [0, 0.1) is 5.41 Å². The fraction of sp³-hybridized carbons (Fsp3) is 0.500. The predicted molar refractivity (Wildman–Crippen MR) is 53.8 cm³/mol. The van der Waals surface area contributed by atoms with Gasteiger partial charge in [0.1, 0.15) is 0 Å². The van der Waals surface area contributed by atoms with Crippen LogP contribution in [0.15, 0.2) is 18.5 Å². The van der Waals surface area contributed by atoms with Crippen LogP contribution in [0.5, 0.6) is 0 Å². The van der Waals surface area contributed by atoms with Crippen molar-refractivity contribution in [3.05, 3.63) is 24.3 Å². The van der Waals surface area contributed by atoms with E-state index < -0.39 is 0 Å². The van der Waals surface area contributed by atoms with E-state index in [-0.39, 0.29) is 17.1 Å². The number of aromatic nitrogens is 2. The third kappa shape index (κ3) is 3.51. The van der Waals surface area contributed by atoms with Crippen molar-refractivity contribution in [3.8, 4) is 0 Å². The molecule has 1 N–H and O–H groups in total. The van der Waals surface area contributed by atoms with E-state index in [1.165, 1.54) is 0 Å². The summed E-state index contributed by atoms with van der Waals surface area (Å²) in [5, 5.41) is 2.77. The van der Waals surface area contributed by atoms with Crippen LogP contribution in [0.4, 0.5) is 0 Å². The van der Waals surface area contributed by atoms with Crippen LogP contribution < -0.4 is 5.32 Å². The van der Waals surface area contributed by atoms with E-state index in [2.05, 4.69) is 36.1 Å². The molecule has 0 radical (unpaired) electrons. The quantitative estimate of drug-likeness (QED) is 0.769. The van der Waals surface area contributed by atoms with Crippen LogP contribution in [0.25, 0.3) is 0 Å². The third-order valence-corrected chi connectivity index (χ3v) is 1.55. The molecule has 4 heteroatoms. The molecular formula is C10H15N3O. The minimum absolute atomic E-state index is 0.0738. The molecule has 4 nitrogen and oxygen atoms in total. The average Bonchev–Trinajstić information content (AvgIpc) is 2.14. The van der Waals surface area contributed by atoms with Crippen molar-refractivity contribution >= 4 is 5.91 Å². The van der Waals surface area contributed by atoms with Crippen LogP contribution in [0.2, 0.25) is 0 Å². The van der Waals surface area contributed by atoms with E-state index >= 15 is 0 Å². The minimum Gasteiger partial charge on any atom is -0.349 e. The van der Waals surface area contributed by atoms with Gasteiger partial charge in [-0.1, -0.05) is 20.8 Å². The van der Waals surface area contributed by atoms with Gasteiger partial charge >= 0.3 is 0 Å². The lowest BCUT2D eigenvalue weighted by Gasteiger charge is -2.18. The topological polar surface area (TPSA) is 54.9 Å². The zero-order valence-electron chi connectivity index (χ0n) is 8.74. The predicted octanol–water partition coefficient (Wildman–Crippen LogP) is 1.25. The molecule has 1 amide bonds. The molecule has 0 saturated carbocycles. The van der Waals surface area contributed by atoms with Crippen molar-refractivity contribution in [1.82, 2.24) is 15.3 Å². The van der Waals surface area contributed by atoms with Gasteiger partial charge in [-0.05, 0) is 11.5 Å². The monoisotopic (exact) mass is 193 g/mol. The normalized spacial score (nSPS) is 11.1. The Morgan fingerprint density at radius 3 is 2.43 bits per heavy atom. The highest BCUT2D eigenvalue weighted by Crippen LogP contribution is 2.10. The van der Waals surface area contributed by atoms with Crippen LogP contribution in [-0.4, -0.2) is 22.4 Å². The van der Waals surface area contributed by atoms with Gasteiger partial charge < -0.3 is 5.32 Å². The molecule has 76 valence electrons. The maximum Gasteiger partial charge on any atom is 0.289 e. The molecule has 0 unspecified atom stereocenters. The summed E-state index contributed by atoms with van der Waals surface area (Å²) in [6.07, 6.45) is 3.11. The number of hydrogen-bond acceptors (Lipinski definition) is 3. The standard InChI is InChI=1S/C10H15N3O/c1-10(2,3)7-13-9(14)8-11-5-4-6-12-8/h4-6H,7H2,1-3H3,(H,13,14). The summed E-state index contributed by atoms with van der Waals surface area (Å²) in [6, 6.07) is 1.68. The summed E-state index contributed by atoms with van der Waals surface area (Å²) in [5.41, 5.74) is 0.0738. The number of amides is 1. The molecule has 1 aromatic heterocycles. The first kappa shape index (κ1) is 10.6. The minimum atomic E-state index is -0.222. The average molecular weight is 193 g/mol. The van der Waals surface area contributed by atoms with Crippen LogP contribution in [-0.2, 0) is 0 Å². The van der Waals surface area contributed by atoms with Crippen LogP contribution in [0.3, 0.4) is 0 Å². The first-order valence-electron chi connectivity index (χ1n) is 4.54. The molecule has 0 spiro atoms. The van der Waals surface area contributed by atoms with E-state index in [1.54, 1.807) is 18.5 Å². The van der Waals surface area contributed by atoms with Crippen LogP contribution >= 0.6 is 0 Å². The van der Waals surface area contributed by atoms with E-state index in [1.807, 2.05) is 0 Å². The third-order valence-electron chi connectivity index (χ3n) is 1.55. The number of rotatable bonds is 2. The maximum absolute atomic E-state index is 11.5. The number of nitrogens with zero attached hydrogens (tertiary/aromatic N) is 2. The molecule has 14 heavy (non-hydrogen) atoms. The molecular weight excluding hydrogens is 178 g/mol. The van der Waals surface area contributed by atoms with Crippen molar-refractivity contribution < 1.29 is 4.79 Å². The van der Waals surface area contributed by atoms with Gasteiger partial charge in [-0.15, -0.1) is 0 Å². The van der Waals surface area contributed by atoms with Gasteiger partial charge in [0.25, 0.3) is 5.91 Å². The van der Waals surface area contributed by atoms with Gasteiger partial charge in [-0.2, -0.15) is 0 Å². The van der Waals surface area contributed by atoms with E-state index in [9.17, 15) is 4.79 Å². The zero-order valence-corrected chi connectivity index (χ0v) is 8.74. The maximum atomic E-state index is 11.5. The fourth-order valence-corrected chi connectivity index (χ4v) is 0.841. The molecule has 0 aromatic carbocycles. The molecule has 0 fully saturated rings. The number of carbonyl (C=O) groups excluding carboxylic acids is 1. The van der Waals surface area contributed by atoms with Gasteiger partial charge in [-0.3, -0.25) is 4.79 Å². The van der Waals surface area contributed by atoms with E-state index in [0.29, 0.717) is 6.54 Å². The summed E-state index contributed by atoms with van der Waals surface area (Å²) < 4.78 is 0. The zero-order chi connectivity index (χ0) is 10.6. The van der Waals surface area contributed by atoms with Gasteiger partial charge in [-0.25, -0.2) is 9.97 Å². The van der Waals surface area contributed by atoms with Gasteiger partial charge in [0.05, 0.1) is 0 Å². The Morgan fingerprint density at radius 2 is 1.93 bits per heavy atom. The summed E-state index contributed by atoms with van der Waals surface area (Å²) in [5.74, 6) is -0.00252. The summed E-state index contributed by atoms with van der Waals surface area (Å²) in [4.78, 5) is 19.2. The molecule has 0 bridgehead atoms.